The lowest BCUT2D eigenvalue weighted by Crippen LogP contribution is -2.08. The quantitative estimate of drug-likeness (QED) is 0.513. The molecule has 0 aliphatic rings. The molecule has 3 aromatic rings. The van der Waals surface area contributed by atoms with Crippen molar-refractivity contribution in [3.05, 3.63) is 30.6 Å². The third-order valence-corrected chi connectivity index (χ3v) is 3.57. The van der Waals surface area contributed by atoms with Gasteiger partial charge in [-0.15, -0.1) is 0 Å². The van der Waals surface area contributed by atoms with Gasteiger partial charge < -0.3 is 9.40 Å². The molecule has 0 atom stereocenters. The first-order valence-corrected chi connectivity index (χ1v) is 7.98. The Morgan fingerprint density at radius 3 is 2.79 bits per heavy atom. The van der Waals surface area contributed by atoms with Crippen molar-refractivity contribution in [3.63, 3.8) is 0 Å². The number of rotatable bonds is 6. The number of imidazole rings is 1. The molecule has 8 heteroatoms. The first-order chi connectivity index (χ1) is 11.6. The summed E-state index contributed by atoms with van der Waals surface area (Å²) in [6, 6.07) is 0. The van der Waals surface area contributed by atoms with Crippen LogP contribution < -0.4 is 0 Å². The fourth-order valence-corrected chi connectivity index (χ4v) is 2.46. The van der Waals surface area contributed by atoms with E-state index in [1.165, 1.54) is 6.33 Å². The average molecular weight is 327 g/mol. The number of oxime groups is 1. The third kappa shape index (κ3) is 2.99. The lowest BCUT2D eigenvalue weighted by atomic mass is 10.1. The normalized spacial score (nSPS) is 12.3. The molecular formula is C16H21N7O. The highest BCUT2D eigenvalue weighted by atomic mass is 16.6. The predicted molar refractivity (Wildman–Crippen MR) is 91.1 cm³/mol. The molecular weight excluding hydrogens is 306 g/mol. The van der Waals surface area contributed by atoms with E-state index in [0.29, 0.717) is 18.5 Å². The third-order valence-electron chi connectivity index (χ3n) is 3.57. The minimum atomic E-state index is 0.426. The molecule has 0 saturated carbocycles. The van der Waals surface area contributed by atoms with Crippen molar-refractivity contribution in [1.82, 2.24) is 29.3 Å². The Hall–Kier alpha value is -2.77. The molecule has 3 rings (SSSR count). The van der Waals surface area contributed by atoms with E-state index in [4.69, 9.17) is 4.84 Å². The fourth-order valence-electron chi connectivity index (χ4n) is 2.46. The Balaban J connectivity index is 2.09. The summed E-state index contributed by atoms with van der Waals surface area (Å²) in [5.41, 5.74) is 3.43. The van der Waals surface area contributed by atoms with Crippen LogP contribution in [-0.4, -0.2) is 41.6 Å². The monoisotopic (exact) mass is 327 g/mol. The zero-order valence-corrected chi connectivity index (χ0v) is 14.3. The highest BCUT2D eigenvalue weighted by Crippen LogP contribution is 2.22. The molecule has 0 spiro atoms. The maximum Gasteiger partial charge on any atom is 0.233 e. The topological polar surface area (TPSA) is 83.0 Å². The molecule has 0 aliphatic carbocycles. The molecule has 0 N–H and O–H groups in total. The van der Waals surface area contributed by atoms with Gasteiger partial charge in [-0.05, 0) is 19.8 Å². The first kappa shape index (κ1) is 16.1. The van der Waals surface area contributed by atoms with E-state index in [2.05, 4.69) is 50.5 Å². The summed E-state index contributed by atoms with van der Waals surface area (Å²) in [4.78, 5) is 18.3. The molecule has 3 aromatic heterocycles. The van der Waals surface area contributed by atoms with Gasteiger partial charge in [-0.3, -0.25) is 4.98 Å². The Morgan fingerprint density at radius 2 is 2.12 bits per heavy atom. The van der Waals surface area contributed by atoms with Gasteiger partial charge in [-0.1, -0.05) is 19.0 Å². The number of pyridine rings is 1. The summed E-state index contributed by atoms with van der Waals surface area (Å²) in [5, 5.41) is 8.41. The van der Waals surface area contributed by atoms with E-state index < -0.39 is 0 Å². The number of hydrogen-bond acceptors (Lipinski definition) is 6. The second-order valence-corrected chi connectivity index (χ2v) is 5.92. The van der Waals surface area contributed by atoms with E-state index in [9.17, 15) is 0 Å². The van der Waals surface area contributed by atoms with Gasteiger partial charge in [0.15, 0.2) is 0 Å². The number of fused-ring (bicyclic) bond motifs is 1. The van der Waals surface area contributed by atoms with Gasteiger partial charge in [-0.2, -0.15) is 9.78 Å². The Kier molecular flexibility index (Phi) is 4.54. The second-order valence-electron chi connectivity index (χ2n) is 5.92. The number of nitrogens with zero attached hydrogens (tertiary/aromatic N) is 7. The lowest BCUT2D eigenvalue weighted by Gasteiger charge is -2.09. The fraction of sp³-hybridized carbons (Fsp3) is 0.438. The van der Waals surface area contributed by atoms with Crippen LogP contribution in [0.15, 0.2) is 30.2 Å². The minimum absolute atomic E-state index is 0.426. The van der Waals surface area contributed by atoms with Gasteiger partial charge in [0.2, 0.25) is 5.95 Å². The summed E-state index contributed by atoms with van der Waals surface area (Å²) in [6.45, 7) is 9.47. The minimum Gasteiger partial charge on any atom is -0.395 e. The standard InChI is InChI=1S/C16H21N7O/c1-5-22-15-13(12(4)21-24-8-11(2)3)6-17-7-14(15)20-16(22)23-10-18-9-19-23/h6-7,9-11H,5,8H2,1-4H3/b21-12-. The van der Waals surface area contributed by atoms with Crippen LogP contribution in [0.2, 0.25) is 0 Å². The zero-order chi connectivity index (χ0) is 17.1. The van der Waals surface area contributed by atoms with Crippen molar-refractivity contribution < 1.29 is 4.84 Å². The summed E-state index contributed by atoms with van der Waals surface area (Å²) >= 11 is 0. The second kappa shape index (κ2) is 6.77. The van der Waals surface area contributed by atoms with Crippen molar-refractivity contribution in [2.75, 3.05) is 6.61 Å². The molecule has 126 valence electrons. The van der Waals surface area contributed by atoms with Crippen molar-refractivity contribution in [1.29, 1.82) is 0 Å². The molecule has 0 radical (unpaired) electrons. The first-order valence-electron chi connectivity index (χ1n) is 7.98. The predicted octanol–water partition coefficient (Wildman–Crippen LogP) is 2.43. The molecule has 3 heterocycles. The molecule has 24 heavy (non-hydrogen) atoms. The smallest absolute Gasteiger partial charge is 0.233 e. The zero-order valence-electron chi connectivity index (χ0n) is 14.3. The summed E-state index contributed by atoms with van der Waals surface area (Å²) in [5.74, 6) is 1.13. The molecule has 0 fully saturated rings. The molecule has 0 bridgehead atoms. The van der Waals surface area contributed by atoms with Crippen molar-refractivity contribution in [2.45, 2.75) is 34.2 Å². The summed E-state index contributed by atoms with van der Waals surface area (Å²) < 4.78 is 3.72. The molecule has 0 saturated heterocycles. The molecule has 0 aliphatic heterocycles. The van der Waals surface area contributed by atoms with Gasteiger partial charge in [-0.25, -0.2) is 9.97 Å². The van der Waals surface area contributed by atoms with Gasteiger partial charge in [0.05, 0.1) is 17.4 Å². The van der Waals surface area contributed by atoms with Crippen LogP contribution in [-0.2, 0) is 11.4 Å². The Morgan fingerprint density at radius 1 is 1.29 bits per heavy atom. The van der Waals surface area contributed by atoms with Crippen LogP contribution in [0, 0.1) is 5.92 Å². The van der Waals surface area contributed by atoms with Gasteiger partial charge in [0.25, 0.3) is 0 Å². The van der Waals surface area contributed by atoms with Crippen LogP contribution in [0.5, 0.6) is 0 Å². The number of aromatic nitrogens is 6. The van der Waals surface area contributed by atoms with Crippen molar-refractivity contribution >= 4 is 16.7 Å². The van der Waals surface area contributed by atoms with Gasteiger partial charge >= 0.3 is 0 Å². The van der Waals surface area contributed by atoms with Crippen LogP contribution in [0.25, 0.3) is 17.0 Å². The summed E-state index contributed by atoms with van der Waals surface area (Å²) in [7, 11) is 0. The van der Waals surface area contributed by atoms with Crippen molar-refractivity contribution in [3.8, 4) is 5.95 Å². The average Bonchev–Trinajstić information content (AvgIpc) is 3.20. The Bertz CT molecular complexity index is 849. The molecule has 0 amide bonds. The van der Waals surface area contributed by atoms with E-state index in [1.807, 2.05) is 6.92 Å². The maximum absolute atomic E-state index is 5.42. The van der Waals surface area contributed by atoms with Gasteiger partial charge in [0, 0.05) is 18.3 Å². The van der Waals surface area contributed by atoms with Crippen LogP contribution in [0.4, 0.5) is 0 Å². The van der Waals surface area contributed by atoms with Crippen LogP contribution in [0.1, 0.15) is 33.3 Å². The highest BCUT2D eigenvalue weighted by molar-refractivity contribution is 6.07. The highest BCUT2D eigenvalue weighted by Gasteiger charge is 2.17. The van der Waals surface area contributed by atoms with E-state index >= 15 is 0 Å². The van der Waals surface area contributed by atoms with Crippen molar-refractivity contribution in [2.24, 2.45) is 11.1 Å². The maximum atomic E-state index is 5.42. The molecule has 0 unspecified atom stereocenters. The van der Waals surface area contributed by atoms with Gasteiger partial charge in [0.1, 0.15) is 24.8 Å². The van der Waals surface area contributed by atoms with E-state index in [0.717, 1.165) is 28.9 Å². The van der Waals surface area contributed by atoms with Crippen LogP contribution >= 0.6 is 0 Å². The van der Waals surface area contributed by atoms with E-state index in [1.54, 1.807) is 23.4 Å². The number of aryl methyl sites for hydroxylation is 1. The van der Waals surface area contributed by atoms with Crippen LogP contribution in [0.3, 0.4) is 0 Å². The largest absolute Gasteiger partial charge is 0.395 e. The summed E-state index contributed by atoms with van der Waals surface area (Å²) in [6.07, 6.45) is 6.66. The Labute approximate surface area is 140 Å². The van der Waals surface area contributed by atoms with E-state index in [-0.39, 0.29) is 0 Å². The molecule has 8 nitrogen and oxygen atoms in total. The SMILES string of the molecule is CCn1c(-n2cncn2)nc2cncc(/C(C)=N\OCC(C)C)c21. The lowest BCUT2D eigenvalue weighted by molar-refractivity contribution is 0.118. The number of hydrogen-bond donors (Lipinski definition) is 0. The molecule has 0 aromatic carbocycles.